The Labute approximate surface area is 67.0 Å². The summed E-state index contributed by atoms with van der Waals surface area (Å²) in [5.41, 5.74) is 1.35. The summed E-state index contributed by atoms with van der Waals surface area (Å²) in [5.74, 6) is 0.567. The highest BCUT2D eigenvalue weighted by molar-refractivity contribution is 6.19. The number of alkyl halides is 1. The van der Waals surface area contributed by atoms with Gasteiger partial charge in [-0.1, -0.05) is 19.1 Å². The van der Waals surface area contributed by atoms with Crippen molar-refractivity contribution in [3.63, 3.8) is 0 Å². The number of hydrogen-bond acceptors (Lipinski definition) is 1. The Hall–Kier alpha value is -0.0100. The molecule has 58 valence electrons. The monoisotopic (exact) mass is 160 g/mol. The van der Waals surface area contributed by atoms with Crippen molar-refractivity contribution in [2.24, 2.45) is 5.41 Å². The molecule has 0 atom stereocenters. The Morgan fingerprint density at radius 2 is 2.30 bits per heavy atom. The van der Waals surface area contributed by atoms with Crippen LogP contribution >= 0.6 is 11.6 Å². The quantitative estimate of drug-likeness (QED) is 0.455. The molecule has 1 fully saturated rings. The first-order chi connectivity index (χ1) is 4.75. The molecule has 1 aliphatic heterocycles. The van der Waals surface area contributed by atoms with Gasteiger partial charge in [0, 0.05) is 11.3 Å². The minimum Gasteiger partial charge on any atom is -0.379 e. The molecule has 0 aromatic carbocycles. The first kappa shape index (κ1) is 8.09. The minimum atomic E-state index is 0.224. The maximum Gasteiger partial charge on any atom is 0.0582 e. The second-order valence-corrected chi connectivity index (χ2v) is 3.13. The van der Waals surface area contributed by atoms with Gasteiger partial charge < -0.3 is 4.74 Å². The van der Waals surface area contributed by atoms with Gasteiger partial charge in [-0.05, 0) is 6.42 Å². The fourth-order valence-corrected chi connectivity index (χ4v) is 1.43. The Morgan fingerprint density at radius 3 is 2.40 bits per heavy atom. The van der Waals surface area contributed by atoms with Crippen LogP contribution in [-0.4, -0.2) is 19.1 Å². The molecule has 10 heavy (non-hydrogen) atoms. The van der Waals surface area contributed by atoms with Gasteiger partial charge in [-0.25, -0.2) is 0 Å². The Kier molecular flexibility index (Phi) is 2.37. The molecule has 0 aromatic heterocycles. The predicted octanol–water partition coefficient (Wildman–Crippen LogP) is 2.21. The topological polar surface area (TPSA) is 9.23 Å². The molecule has 1 heterocycles. The van der Waals surface area contributed by atoms with Gasteiger partial charge in [-0.3, -0.25) is 0 Å². The predicted molar refractivity (Wildman–Crippen MR) is 43.4 cm³/mol. The van der Waals surface area contributed by atoms with E-state index < -0.39 is 0 Å². The molecule has 0 amide bonds. The van der Waals surface area contributed by atoms with Gasteiger partial charge in [0.05, 0.1) is 13.2 Å². The van der Waals surface area contributed by atoms with E-state index in [1.165, 1.54) is 0 Å². The van der Waals surface area contributed by atoms with Crippen molar-refractivity contribution in [1.82, 2.24) is 0 Å². The zero-order chi connectivity index (χ0) is 7.61. The van der Waals surface area contributed by atoms with Crippen molar-refractivity contribution in [2.45, 2.75) is 13.3 Å². The summed E-state index contributed by atoms with van der Waals surface area (Å²) in [6.45, 7) is 7.71. The van der Waals surface area contributed by atoms with E-state index in [9.17, 15) is 0 Å². The van der Waals surface area contributed by atoms with Crippen LogP contribution in [0.5, 0.6) is 0 Å². The zero-order valence-electron chi connectivity index (χ0n) is 6.32. The second kappa shape index (κ2) is 2.93. The van der Waals surface area contributed by atoms with Gasteiger partial charge in [0.1, 0.15) is 0 Å². The summed E-state index contributed by atoms with van der Waals surface area (Å²) in [5, 5.41) is 0. The number of ether oxygens (including phenoxy) is 1. The third-order valence-corrected chi connectivity index (χ3v) is 2.67. The molecule has 1 saturated heterocycles. The van der Waals surface area contributed by atoms with Crippen molar-refractivity contribution >= 4 is 11.6 Å². The molecule has 0 aliphatic carbocycles. The molecule has 1 nitrogen and oxygen atoms in total. The van der Waals surface area contributed by atoms with Crippen LogP contribution in [0.4, 0.5) is 0 Å². The summed E-state index contributed by atoms with van der Waals surface area (Å²) in [6, 6.07) is 0. The van der Waals surface area contributed by atoms with E-state index in [1.807, 2.05) is 0 Å². The molecule has 1 rings (SSSR count). The average Bonchev–Trinajstić information content (AvgIpc) is 1.86. The van der Waals surface area contributed by atoms with Gasteiger partial charge in [0.15, 0.2) is 0 Å². The van der Waals surface area contributed by atoms with Gasteiger partial charge in [-0.15, -0.1) is 11.6 Å². The van der Waals surface area contributed by atoms with Crippen molar-refractivity contribution in [3.05, 3.63) is 12.2 Å². The lowest BCUT2D eigenvalue weighted by molar-refractivity contribution is -0.0902. The first-order valence-corrected chi connectivity index (χ1v) is 4.10. The molecule has 0 unspecified atom stereocenters. The van der Waals surface area contributed by atoms with E-state index in [1.54, 1.807) is 0 Å². The van der Waals surface area contributed by atoms with Crippen LogP contribution < -0.4 is 0 Å². The van der Waals surface area contributed by atoms with Crippen molar-refractivity contribution in [3.8, 4) is 0 Å². The number of hydrogen-bond donors (Lipinski definition) is 0. The maximum absolute atomic E-state index is 5.67. The third kappa shape index (κ3) is 1.08. The fourth-order valence-electron chi connectivity index (χ4n) is 1.15. The summed E-state index contributed by atoms with van der Waals surface area (Å²) in [6.07, 6.45) is 1.10. The molecule has 0 radical (unpaired) electrons. The molecular formula is C8H13ClO. The van der Waals surface area contributed by atoms with Crippen LogP contribution in [0.3, 0.4) is 0 Å². The van der Waals surface area contributed by atoms with Crippen LogP contribution in [-0.2, 0) is 4.74 Å². The Balaban J connectivity index is 2.55. The Bertz CT molecular complexity index is 133. The fraction of sp³-hybridized carbons (Fsp3) is 0.750. The van der Waals surface area contributed by atoms with E-state index >= 15 is 0 Å². The van der Waals surface area contributed by atoms with E-state index in [0.29, 0.717) is 5.88 Å². The van der Waals surface area contributed by atoms with E-state index in [2.05, 4.69) is 13.5 Å². The highest BCUT2D eigenvalue weighted by Gasteiger charge is 2.38. The second-order valence-electron chi connectivity index (χ2n) is 2.86. The average molecular weight is 161 g/mol. The lowest BCUT2D eigenvalue weighted by Gasteiger charge is -2.42. The third-order valence-electron chi connectivity index (χ3n) is 2.34. The molecule has 0 N–H and O–H groups in total. The number of halogens is 1. The van der Waals surface area contributed by atoms with Crippen LogP contribution in [0.25, 0.3) is 0 Å². The highest BCUT2D eigenvalue weighted by atomic mass is 35.5. The normalized spacial score (nSPS) is 21.8. The van der Waals surface area contributed by atoms with E-state index in [-0.39, 0.29) is 5.41 Å². The molecule has 2 heteroatoms. The number of rotatable bonds is 3. The minimum absolute atomic E-state index is 0.224. The summed E-state index contributed by atoms with van der Waals surface area (Å²) >= 11 is 5.67. The lowest BCUT2D eigenvalue weighted by Crippen LogP contribution is -2.43. The SMILES string of the molecule is C=C(CCl)C1(CC)COC1. The summed E-state index contributed by atoms with van der Waals surface area (Å²) < 4.78 is 5.13. The smallest absolute Gasteiger partial charge is 0.0582 e. The highest BCUT2D eigenvalue weighted by Crippen LogP contribution is 2.38. The van der Waals surface area contributed by atoms with Gasteiger partial charge in [-0.2, -0.15) is 0 Å². The largest absolute Gasteiger partial charge is 0.379 e. The van der Waals surface area contributed by atoms with Crippen LogP contribution in [0.15, 0.2) is 12.2 Å². The van der Waals surface area contributed by atoms with Crippen molar-refractivity contribution in [2.75, 3.05) is 19.1 Å². The van der Waals surface area contributed by atoms with E-state index in [0.717, 1.165) is 25.2 Å². The van der Waals surface area contributed by atoms with Crippen molar-refractivity contribution < 1.29 is 4.74 Å². The molecule has 1 aliphatic rings. The molecule has 0 aromatic rings. The summed E-state index contributed by atoms with van der Waals surface area (Å²) in [7, 11) is 0. The van der Waals surface area contributed by atoms with Gasteiger partial charge in [0.2, 0.25) is 0 Å². The maximum atomic E-state index is 5.67. The standard InChI is InChI=1S/C8H13ClO/c1-3-8(5-10-6-8)7(2)4-9/h2-6H2,1H3. The molecule has 0 bridgehead atoms. The Morgan fingerprint density at radius 1 is 1.70 bits per heavy atom. The lowest BCUT2D eigenvalue weighted by atomic mass is 9.77. The van der Waals surface area contributed by atoms with Gasteiger partial charge in [0.25, 0.3) is 0 Å². The summed E-state index contributed by atoms with van der Waals surface area (Å²) in [4.78, 5) is 0. The van der Waals surface area contributed by atoms with Crippen LogP contribution in [0, 0.1) is 5.41 Å². The molecule has 0 saturated carbocycles. The van der Waals surface area contributed by atoms with Crippen LogP contribution in [0.2, 0.25) is 0 Å². The zero-order valence-corrected chi connectivity index (χ0v) is 7.08. The van der Waals surface area contributed by atoms with Gasteiger partial charge >= 0.3 is 0 Å². The van der Waals surface area contributed by atoms with Crippen molar-refractivity contribution in [1.29, 1.82) is 0 Å². The molecule has 0 spiro atoms. The van der Waals surface area contributed by atoms with Crippen LogP contribution in [0.1, 0.15) is 13.3 Å². The molecular weight excluding hydrogens is 148 g/mol. The first-order valence-electron chi connectivity index (χ1n) is 3.57. The van der Waals surface area contributed by atoms with E-state index in [4.69, 9.17) is 16.3 Å².